The van der Waals surface area contributed by atoms with Gasteiger partial charge in [-0.2, -0.15) is 0 Å². The lowest BCUT2D eigenvalue weighted by atomic mass is 10.3. The molecule has 0 saturated carbocycles. The van der Waals surface area contributed by atoms with Crippen LogP contribution >= 0.6 is 11.6 Å². The van der Waals surface area contributed by atoms with Crippen molar-refractivity contribution in [2.24, 2.45) is 0 Å². The number of nitrogens with one attached hydrogen (secondary N) is 1. The molecule has 5 heteroatoms. The second-order valence-electron chi connectivity index (χ2n) is 3.33. The molecule has 0 spiro atoms. The normalized spacial score (nSPS) is 10.6. The number of hydrogen-bond donors (Lipinski definition) is 1. The molecule has 2 aromatic rings. The Bertz CT molecular complexity index is 522. The van der Waals surface area contributed by atoms with Crippen LogP contribution in [0.5, 0.6) is 0 Å². The maximum Gasteiger partial charge on any atom is 0.239 e. The average Bonchev–Trinajstić information content (AvgIpc) is 2.71. The Labute approximate surface area is 97.6 Å². The first-order chi connectivity index (χ1) is 7.72. The van der Waals surface area contributed by atoms with Gasteiger partial charge in [-0.1, -0.05) is 6.92 Å². The van der Waals surface area contributed by atoms with Crippen LogP contribution in [-0.2, 0) is 11.2 Å². The Morgan fingerprint density at radius 2 is 2.38 bits per heavy atom. The van der Waals surface area contributed by atoms with Gasteiger partial charge in [0, 0.05) is 12.1 Å². The van der Waals surface area contributed by atoms with Crippen molar-refractivity contribution < 1.29 is 9.21 Å². The molecule has 0 unspecified atom stereocenters. The molecular formula is C11H11ClN2O2. The van der Waals surface area contributed by atoms with Gasteiger partial charge in [-0.15, -0.1) is 11.6 Å². The summed E-state index contributed by atoms with van der Waals surface area (Å²) in [6.45, 7) is 1.97. The number of oxazole rings is 1. The molecule has 1 aromatic heterocycles. The largest absolute Gasteiger partial charge is 0.441 e. The van der Waals surface area contributed by atoms with Crippen LogP contribution in [-0.4, -0.2) is 16.8 Å². The van der Waals surface area contributed by atoms with E-state index in [1.54, 1.807) is 18.2 Å². The number of nitrogens with zero attached hydrogens (tertiary/aromatic N) is 1. The first-order valence-corrected chi connectivity index (χ1v) is 5.51. The second-order valence-corrected chi connectivity index (χ2v) is 3.59. The highest BCUT2D eigenvalue weighted by atomic mass is 35.5. The van der Waals surface area contributed by atoms with E-state index in [0.717, 1.165) is 17.5 Å². The zero-order chi connectivity index (χ0) is 11.5. The van der Waals surface area contributed by atoms with Gasteiger partial charge in [-0.25, -0.2) is 4.98 Å². The molecule has 0 bridgehead atoms. The third kappa shape index (κ3) is 2.17. The molecule has 0 radical (unpaired) electrons. The van der Waals surface area contributed by atoms with E-state index in [9.17, 15) is 4.79 Å². The highest BCUT2D eigenvalue weighted by Crippen LogP contribution is 2.20. The molecule has 0 fully saturated rings. The zero-order valence-electron chi connectivity index (χ0n) is 8.79. The highest BCUT2D eigenvalue weighted by molar-refractivity contribution is 6.29. The number of fused-ring (bicyclic) bond motifs is 1. The number of alkyl halides is 1. The highest BCUT2D eigenvalue weighted by Gasteiger charge is 2.06. The van der Waals surface area contributed by atoms with Crippen molar-refractivity contribution in [3.63, 3.8) is 0 Å². The number of carbonyl (C=O) groups is 1. The van der Waals surface area contributed by atoms with E-state index in [0.29, 0.717) is 11.6 Å². The molecule has 1 amide bonds. The SMILES string of the molecule is CCc1nc2cc(NC(=O)CCl)ccc2o1. The fourth-order valence-electron chi connectivity index (χ4n) is 1.40. The summed E-state index contributed by atoms with van der Waals surface area (Å²) in [6.07, 6.45) is 0.748. The third-order valence-electron chi connectivity index (χ3n) is 2.14. The van der Waals surface area contributed by atoms with Gasteiger partial charge in [0.25, 0.3) is 0 Å². The van der Waals surface area contributed by atoms with Crippen molar-refractivity contribution in [1.29, 1.82) is 0 Å². The molecule has 0 saturated heterocycles. The lowest BCUT2D eigenvalue weighted by Crippen LogP contribution is -2.12. The number of amides is 1. The van der Waals surface area contributed by atoms with Crippen molar-refractivity contribution in [3.05, 3.63) is 24.1 Å². The van der Waals surface area contributed by atoms with E-state index >= 15 is 0 Å². The van der Waals surface area contributed by atoms with Gasteiger partial charge in [0.1, 0.15) is 11.4 Å². The molecule has 0 atom stereocenters. The van der Waals surface area contributed by atoms with E-state index in [4.69, 9.17) is 16.0 Å². The fourth-order valence-corrected chi connectivity index (χ4v) is 1.47. The summed E-state index contributed by atoms with van der Waals surface area (Å²) in [5.74, 6) is 0.396. The third-order valence-corrected chi connectivity index (χ3v) is 2.38. The summed E-state index contributed by atoms with van der Waals surface area (Å²) in [7, 11) is 0. The van der Waals surface area contributed by atoms with Gasteiger partial charge in [-0.05, 0) is 18.2 Å². The van der Waals surface area contributed by atoms with Crippen molar-refractivity contribution in [2.45, 2.75) is 13.3 Å². The van der Waals surface area contributed by atoms with Crippen LogP contribution in [0.15, 0.2) is 22.6 Å². The Hall–Kier alpha value is -1.55. The number of benzene rings is 1. The minimum Gasteiger partial charge on any atom is -0.441 e. The Kier molecular flexibility index (Phi) is 3.10. The molecule has 1 heterocycles. The van der Waals surface area contributed by atoms with Crippen LogP contribution in [0.1, 0.15) is 12.8 Å². The molecule has 2 rings (SSSR count). The standard InChI is InChI=1S/C11H11ClN2O2/c1-2-11-14-8-5-7(13-10(15)6-12)3-4-9(8)16-11/h3-5H,2,6H2,1H3,(H,13,15). The topological polar surface area (TPSA) is 55.1 Å². The fraction of sp³-hybridized carbons (Fsp3) is 0.273. The predicted octanol–water partition coefficient (Wildman–Crippen LogP) is 2.57. The molecular weight excluding hydrogens is 228 g/mol. The van der Waals surface area contributed by atoms with Crippen LogP contribution in [0.3, 0.4) is 0 Å². The molecule has 4 nitrogen and oxygen atoms in total. The number of aryl methyl sites for hydroxylation is 1. The van der Waals surface area contributed by atoms with Crippen LogP contribution in [0.2, 0.25) is 0 Å². The van der Waals surface area contributed by atoms with Gasteiger partial charge in [0.2, 0.25) is 5.91 Å². The van der Waals surface area contributed by atoms with Crippen molar-refractivity contribution >= 4 is 34.3 Å². The molecule has 0 aliphatic carbocycles. The van der Waals surface area contributed by atoms with Crippen LogP contribution < -0.4 is 5.32 Å². The van der Waals surface area contributed by atoms with E-state index < -0.39 is 0 Å². The van der Waals surface area contributed by atoms with Crippen LogP contribution in [0, 0.1) is 0 Å². The lowest BCUT2D eigenvalue weighted by molar-refractivity contribution is -0.113. The Balaban J connectivity index is 2.32. The summed E-state index contributed by atoms with van der Waals surface area (Å²) in [5.41, 5.74) is 2.14. The predicted molar refractivity (Wildman–Crippen MR) is 62.7 cm³/mol. The Morgan fingerprint density at radius 1 is 1.56 bits per heavy atom. The van der Waals surface area contributed by atoms with E-state index in [-0.39, 0.29) is 11.8 Å². The number of halogens is 1. The van der Waals surface area contributed by atoms with Gasteiger partial charge in [-0.3, -0.25) is 4.79 Å². The molecule has 0 aliphatic heterocycles. The van der Waals surface area contributed by atoms with E-state index in [1.165, 1.54) is 0 Å². The summed E-state index contributed by atoms with van der Waals surface area (Å²) >= 11 is 5.40. The first-order valence-electron chi connectivity index (χ1n) is 4.98. The first kappa shape index (κ1) is 11.0. The maximum atomic E-state index is 11.1. The van der Waals surface area contributed by atoms with Gasteiger partial charge in [0.15, 0.2) is 11.5 Å². The minimum atomic E-state index is -0.236. The number of carbonyl (C=O) groups excluding carboxylic acids is 1. The molecule has 1 N–H and O–H groups in total. The smallest absolute Gasteiger partial charge is 0.239 e. The summed E-state index contributed by atoms with van der Waals surface area (Å²) in [5, 5.41) is 2.66. The van der Waals surface area contributed by atoms with Crippen molar-refractivity contribution in [3.8, 4) is 0 Å². The Morgan fingerprint density at radius 3 is 3.06 bits per heavy atom. The lowest BCUT2D eigenvalue weighted by Gasteiger charge is -2.01. The van der Waals surface area contributed by atoms with Crippen molar-refractivity contribution in [2.75, 3.05) is 11.2 Å². The van der Waals surface area contributed by atoms with E-state index in [1.807, 2.05) is 6.92 Å². The number of rotatable bonds is 3. The van der Waals surface area contributed by atoms with Crippen LogP contribution in [0.4, 0.5) is 5.69 Å². The van der Waals surface area contributed by atoms with Gasteiger partial charge >= 0.3 is 0 Å². The quantitative estimate of drug-likeness (QED) is 0.837. The zero-order valence-corrected chi connectivity index (χ0v) is 9.54. The van der Waals surface area contributed by atoms with E-state index in [2.05, 4.69) is 10.3 Å². The number of hydrogen-bond acceptors (Lipinski definition) is 3. The van der Waals surface area contributed by atoms with Crippen molar-refractivity contribution in [1.82, 2.24) is 4.98 Å². The summed E-state index contributed by atoms with van der Waals surface area (Å²) < 4.78 is 5.45. The number of anilines is 1. The van der Waals surface area contributed by atoms with Gasteiger partial charge in [0.05, 0.1) is 0 Å². The summed E-state index contributed by atoms with van der Waals surface area (Å²) in [6, 6.07) is 5.31. The minimum absolute atomic E-state index is 0.0585. The summed E-state index contributed by atoms with van der Waals surface area (Å²) in [4.78, 5) is 15.4. The number of aromatic nitrogens is 1. The molecule has 16 heavy (non-hydrogen) atoms. The average molecular weight is 239 g/mol. The monoisotopic (exact) mass is 238 g/mol. The molecule has 1 aromatic carbocycles. The van der Waals surface area contributed by atoms with Gasteiger partial charge < -0.3 is 9.73 Å². The maximum absolute atomic E-state index is 11.1. The molecule has 0 aliphatic rings. The second kappa shape index (κ2) is 4.53. The van der Waals surface area contributed by atoms with Crippen LogP contribution in [0.25, 0.3) is 11.1 Å². The molecule has 84 valence electrons.